The molecule has 1 heterocycles. The van der Waals surface area contributed by atoms with Crippen LogP contribution in [0.3, 0.4) is 0 Å². The highest BCUT2D eigenvalue weighted by Crippen LogP contribution is 2.26. The first-order valence-electron chi connectivity index (χ1n) is 11.0. The molecular weight excluding hydrogens is 380 g/mol. The van der Waals surface area contributed by atoms with E-state index in [1.165, 1.54) is 5.56 Å². The van der Waals surface area contributed by atoms with Crippen LogP contribution in [0.1, 0.15) is 51.5 Å². The number of carbonyl (C=O) groups excluding carboxylic acids is 1. The number of unbranched alkanes of at least 4 members (excludes halogenated alkanes) is 1. The van der Waals surface area contributed by atoms with Crippen LogP contribution in [0.15, 0.2) is 54.6 Å². The molecule has 5 nitrogen and oxygen atoms in total. The monoisotopic (exact) mass is 416 g/mol. The molecule has 0 amide bonds. The van der Waals surface area contributed by atoms with Gasteiger partial charge in [0.25, 0.3) is 0 Å². The lowest BCUT2D eigenvalue weighted by molar-refractivity contribution is -0.147. The molecule has 166 valence electrons. The van der Waals surface area contributed by atoms with Crippen molar-refractivity contribution < 1.29 is 24.5 Å². The van der Waals surface area contributed by atoms with Gasteiger partial charge < -0.3 is 19.7 Å². The van der Waals surface area contributed by atoms with Crippen molar-refractivity contribution in [3.05, 3.63) is 60.2 Å². The Kier molecular flexibility index (Phi) is 10.8. The van der Waals surface area contributed by atoms with Gasteiger partial charge in [-0.3, -0.25) is 4.79 Å². The van der Waals surface area contributed by atoms with Crippen LogP contribution >= 0.6 is 0 Å². The van der Waals surface area contributed by atoms with Gasteiger partial charge in [-0.15, -0.1) is 0 Å². The van der Waals surface area contributed by atoms with Gasteiger partial charge >= 0.3 is 5.97 Å². The first-order valence-corrected chi connectivity index (χ1v) is 11.0. The molecule has 0 aromatic heterocycles. The fourth-order valence-corrected chi connectivity index (χ4v) is 3.52. The minimum Gasteiger partial charge on any atom is -0.463 e. The third kappa shape index (κ3) is 9.24. The summed E-state index contributed by atoms with van der Waals surface area (Å²) in [7, 11) is 0. The number of carbonyl (C=O) groups is 1. The summed E-state index contributed by atoms with van der Waals surface area (Å²) in [6, 6.07) is 10.1. The highest BCUT2D eigenvalue weighted by atomic mass is 16.5. The Morgan fingerprint density at radius 3 is 2.77 bits per heavy atom. The van der Waals surface area contributed by atoms with E-state index in [1.54, 1.807) is 6.08 Å². The first kappa shape index (κ1) is 24.3. The SMILES string of the molecule is CC(C)OC(=O)CCCC=CC[C@H]1[C@@H](O)CO[C@@H]1C=C[C@@H](O)CCc1ccccc1. The predicted octanol–water partition coefficient (Wildman–Crippen LogP) is 3.98. The van der Waals surface area contributed by atoms with E-state index in [4.69, 9.17) is 9.47 Å². The fraction of sp³-hybridized carbons (Fsp3) is 0.560. The van der Waals surface area contributed by atoms with Gasteiger partial charge in [0.15, 0.2) is 0 Å². The average molecular weight is 417 g/mol. The van der Waals surface area contributed by atoms with Crippen LogP contribution in [-0.4, -0.2) is 47.2 Å². The maximum absolute atomic E-state index is 11.5. The molecule has 1 aromatic carbocycles. The summed E-state index contributed by atoms with van der Waals surface area (Å²) in [6.07, 6.45) is 10.6. The Morgan fingerprint density at radius 2 is 2.03 bits per heavy atom. The summed E-state index contributed by atoms with van der Waals surface area (Å²) in [5, 5.41) is 20.5. The van der Waals surface area contributed by atoms with Crippen molar-refractivity contribution in [1.29, 1.82) is 0 Å². The van der Waals surface area contributed by atoms with Gasteiger partial charge in [-0.25, -0.2) is 0 Å². The number of allylic oxidation sites excluding steroid dienone is 2. The smallest absolute Gasteiger partial charge is 0.306 e. The van der Waals surface area contributed by atoms with E-state index in [0.717, 1.165) is 19.3 Å². The second-order valence-corrected chi connectivity index (χ2v) is 8.14. The molecule has 0 bridgehead atoms. The van der Waals surface area contributed by atoms with Gasteiger partial charge in [0.1, 0.15) is 0 Å². The molecule has 0 saturated carbocycles. The van der Waals surface area contributed by atoms with Crippen LogP contribution in [-0.2, 0) is 20.7 Å². The number of benzene rings is 1. The van der Waals surface area contributed by atoms with Crippen LogP contribution in [0.4, 0.5) is 0 Å². The minimum absolute atomic E-state index is 0.0234. The topological polar surface area (TPSA) is 76.0 Å². The first-order chi connectivity index (χ1) is 14.5. The lowest BCUT2D eigenvalue weighted by Gasteiger charge is -2.16. The van der Waals surface area contributed by atoms with Gasteiger partial charge in [0.05, 0.1) is 31.0 Å². The van der Waals surface area contributed by atoms with Crippen LogP contribution in [0, 0.1) is 5.92 Å². The molecule has 2 rings (SSSR count). The Labute approximate surface area is 180 Å². The van der Waals surface area contributed by atoms with Crippen molar-refractivity contribution in [2.45, 2.75) is 76.8 Å². The van der Waals surface area contributed by atoms with E-state index in [2.05, 4.69) is 12.1 Å². The van der Waals surface area contributed by atoms with Crippen molar-refractivity contribution in [2.75, 3.05) is 6.61 Å². The molecule has 0 spiro atoms. The molecule has 0 aliphatic carbocycles. The summed E-state index contributed by atoms with van der Waals surface area (Å²) in [4.78, 5) is 11.5. The zero-order valence-electron chi connectivity index (χ0n) is 18.2. The molecule has 5 heteroatoms. The lowest BCUT2D eigenvalue weighted by atomic mass is 9.94. The number of aryl methyl sites for hydroxylation is 1. The highest BCUT2D eigenvalue weighted by molar-refractivity contribution is 5.69. The Hall–Kier alpha value is -1.95. The summed E-state index contributed by atoms with van der Waals surface area (Å²) in [5.41, 5.74) is 1.21. The third-order valence-corrected chi connectivity index (χ3v) is 5.16. The normalized spacial score (nSPS) is 22.9. The third-order valence-electron chi connectivity index (χ3n) is 5.16. The maximum Gasteiger partial charge on any atom is 0.306 e. The second kappa shape index (κ2) is 13.4. The van der Waals surface area contributed by atoms with Crippen LogP contribution in [0.5, 0.6) is 0 Å². The summed E-state index contributed by atoms with van der Waals surface area (Å²) < 4.78 is 10.8. The molecule has 4 atom stereocenters. The zero-order valence-corrected chi connectivity index (χ0v) is 18.2. The number of hydrogen-bond acceptors (Lipinski definition) is 5. The van der Waals surface area contributed by atoms with Crippen molar-refractivity contribution in [3.63, 3.8) is 0 Å². The molecule has 1 aliphatic rings. The van der Waals surface area contributed by atoms with Crippen LogP contribution < -0.4 is 0 Å². The molecule has 0 radical (unpaired) electrons. The molecule has 30 heavy (non-hydrogen) atoms. The lowest BCUT2D eigenvalue weighted by Crippen LogP contribution is -2.22. The number of ether oxygens (including phenoxy) is 2. The standard InChI is InChI=1S/C25H36O5/c1-19(2)30-25(28)13-9-4-3-8-12-22-23(27)18-29-24(22)17-16-21(26)15-14-20-10-6-5-7-11-20/h3,5-8,10-11,16-17,19,21-24,26-27H,4,9,12-15,18H2,1-2H3/t21-,22-,23-,24+/m0/s1. The van der Waals surface area contributed by atoms with Crippen molar-refractivity contribution >= 4 is 5.97 Å². The minimum atomic E-state index is -0.534. The van der Waals surface area contributed by atoms with E-state index in [-0.39, 0.29) is 24.1 Å². The summed E-state index contributed by atoms with van der Waals surface area (Å²) in [5.74, 6) is -0.182. The average Bonchev–Trinajstić information content (AvgIpc) is 3.07. The zero-order chi connectivity index (χ0) is 21.8. The number of hydrogen-bond donors (Lipinski definition) is 2. The summed E-state index contributed by atoms with van der Waals surface area (Å²) in [6.45, 7) is 4.01. The molecule has 1 aliphatic heterocycles. The second-order valence-electron chi connectivity index (χ2n) is 8.14. The largest absolute Gasteiger partial charge is 0.463 e. The van der Waals surface area contributed by atoms with Crippen LogP contribution in [0.2, 0.25) is 0 Å². The van der Waals surface area contributed by atoms with E-state index in [9.17, 15) is 15.0 Å². The molecule has 1 aromatic rings. The number of aliphatic hydroxyl groups excluding tert-OH is 2. The molecule has 2 N–H and O–H groups in total. The van der Waals surface area contributed by atoms with Gasteiger partial charge in [0, 0.05) is 12.3 Å². The predicted molar refractivity (Wildman–Crippen MR) is 118 cm³/mol. The Bertz CT molecular complexity index is 667. The van der Waals surface area contributed by atoms with E-state index in [0.29, 0.717) is 25.9 Å². The number of esters is 1. The molecular formula is C25H36O5. The van der Waals surface area contributed by atoms with Gasteiger partial charge in [-0.05, 0) is 51.5 Å². The van der Waals surface area contributed by atoms with Crippen molar-refractivity contribution in [2.24, 2.45) is 5.92 Å². The number of aliphatic hydroxyl groups is 2. The van der Waals surface area contributed by atoms with E-state index < -0.39 is 12.2 Å². The van der Waals surface area contributed by atoms with Crippen molar-refractivity contribution in [1.82, 2.24) is 0 Å². The Morgan fingerprint density at radius 1 is 1.27 bits per heavy atom. The number of rotatable bonds is 12. The van der Waals surface area contributed by atoms with E-state index >= 15 is 0 Å². The van der Waals surface area contributed by atoms with Crippen LogP contribution in [0.25, 0.3) is 0 Å². The highest BCUT2D eigenvalue weighted by Gasteiger charge is 2.33. The fourth-order valence-electron chi connectivity index (χ4n) is 3.52. The molecule has 1 saturated heterocycles. The molecule has 0 unspecified atom stereocenters. The quantitative estimate of drug-likeness (QED) is 0.306. The molecule has 1 fully saturated rings. The van der Waals surface area contributed by atoms with Gasteiger partial charge in [-0.1, -0.05) is 54.6 Å². The maximum atomic E-state index is 11.5. The van der Waals surface area contributed by atoms with Crippen molar-refractivity contribution in [3.8, 4) is 0 Å². The van der Waals surface area contributed by atoms with Gasteiger partial charge in [0.2, 0.25) is 0 Å². The van der Waals surface area contributed by atoms with Gasteiger partial charge in [-0.2, -0.15) is 0 Å². The summed E-state index contributed by atoms with van der Waals surface area (Å²) >= 11 is 0. The Balaban J connectivity index is 1.70. The van der Waals surface area contributed by atoms with E-state index in [1.807, 2.05) is 50.3 Å².